The summed E-state index contributed by atoms with van der Waals surface area (Å²) >= 11 is 6.02. The predicted octanol–water partition coefficient (Wildman–Crippen LogP) is 3.99. The molecule has 0 saturated carbocycles. The minimum Gasteiger partial charge on any atom is -0.342 e. The second kappa shape index (κ2) is 9.29. The SMILES string of the molecule is CC(C)(C)C(=O)N1CCC2(CC1)C(=O)N(CC(=O)Nc1cccc(Cl)c1)CN2c1ccccc1. The molecule has 34 heavy (non-hydrogen) atoms. The fourth-order valence-electron chi connectivity index (χ4n) is 4.82. The number of para-hydroxylation sites is 1. The van der Waals surface area contributed by atoms with Crippen LogP contribution in [0.4, 0.5) is 11.4 Å². The maximum Gasteiger partial charge on any atom is 0.250 e. The highest BCUT2D eigenvalue weighted by Crippen LogP contribution is 2.40. The molecule has 4 rings (SSSR count). The lowest BCUT2D eigenvalue weighted by Gasteiger charge is -2.44. The Balaban J connectivity index is 1.53. The fourth-order valence-corrected chi connectivity index (χ4v) is 5.01. The van der Waals surface area contributed by atoms with E-state index in [2.05, 4.69) is 10.2 Å². The molecule has 0 radical (unpaired) electrons. The van der Waals surface area contributed by atoms with Crippen LogP contribution >= 0.6 is 11.6 Å². The zero-order chi connectivity index (χ0) is 24.5. The van der Waals surface area contributed by atoms with Crippen LogP contribution < -0.4 is 10.2 Å². The van der Waals surface area contributed by atoms with E-state index in [-0.39, 0.29) is 24.3 Å². The summed E-state index contributed by atoms with van der Waals surface area (Å²) in [7, 11) is 0. The normalized spacial score (nSPS) is 17.9. The van der Waals surface area contributed by atoms with Gasteiger partial charge in [-0.15, -0.1) is 0 Å². The maximum absolute atomic E-state index is 13.8. The van der Waals surface area contributed by atoms with Crippen LogP contribution in [0.15, 0.2) is 54.6 Å². The molecule has 0 aromatic heterocycles. The number of benzene rings is 2. The number of anilines is 2. The number of halogens is 1. The second-order valence-electron chi connectivity index (χ2n) is 10.0. The molecule has 2 fully saturated rings. The third-order valence-corrected chi connectivity index (χ3v) is 6.78. The molecule has 180 valence electrons. The van der Waals surface area contributed by atoms with Gasteiger partial charge in [-0.25, -0.2) is 0 Å². The van der Waals surface area contributed by atoms with Gasteiger partial charge in [0.15, 0.2) is 0 Å². The average Bonchev–Trinajstić information content (AvgIpc) is 3.05. The van der Waals surface area contributed by atoms with E-state index in [0.29, 0.717) is 43.3 Å². The Kier molecular flexibility index (Phi) is 6.58. The van der Waals surface area contributed by atoms with Gasteiger partial charge in [0.05, 0.1) is 6.67 Å². The van der Waals surface area contributed by atoms with Crippen molar-refractivity contribution in [3.05, 3.63) is 59.6 Å². The van der Waals surface area contributed by atoms with Gasteiger partial charge in [-0.2, -0.15) is 0 Å². The molecular weight excluding hydrogens is 452 g/mol. The van der Waals surface area contributed by atoms with Crippen molar-refractivity contribution in [3.8, 4) is 0 Å². The molecule has 2 saturated heterocycles. The summed E-state index contributed by atoms with van der Waals surface area (Å²) in [5.41, 5.74) is 0.289. The number of likely N-dealkylation sites (tertiary alicyclic amines) is 1. The summed E-state index contributed by atoms with van der Waals surface area (Å²) in [6.07, 6.45) is 1.05. The molecular formula is C26H31ClN4O3. The molecule has 0 aliphatic carbocycles. The second-order valence-corrected chi connectivity index (χ2v) is 10.5. The lowest BCUT2D eigenvalue weighted by atomic mass is 9.84. The summed E-state index contributed by atoms with van der Waals surface area (Å²) in [6.45, 7) is 7.02. The quantitative estimate of drug-likeness (QED) is 0.715. The van der Waals surface area contributed by atoms with E-state index in [1.807, 2.05) is 56.0 Å². The van der Waals surface area contributed by atoms with Crippen LogP contribution in [0, 0.1) is 5.41 Å². The van der Waals surface area contributed by atoms with Gasteiger partial charge in [-0.3, -0.25) is 14.4 Å². The zero-order valence-electron chi connectivity index (χ0n) is 19.9. The van der Waals surface area contributed by atoms with Crippen LogP contribution in [0.3, 0.4) is 0 Å². The summed E-state index contributed by atoms with van der Waals surface area (Å²) in [6, 6.07) is 16.7. The van der Waals surface area contributed by atoms with E-state index in [1.54, 1.807) is 29.2 Å². The Morgan fingerprint density at radius 3 is 2.32 bits per heavy atom. The average molecular weight is 483 g/mol. The Bertz CT molecular complexity index is 1070. The van der Waals surface area contributed by atoms with Crippen molar-refractivity contribution >= 4 is 40.7 Å². The molecule has 8 heteroatoms. The molecule has 1 N–H and O–H groups in total. The first-order valence-corrected chi connectivity index (χ1v) is 11.9. The number of nitrogens with zero attached hydrogens (tertiary/aromatic N) is 3. The van der Waals surface area contributed by atoms with Gasteiger partial charge < -0.3 is 20.0 Å². The first kappa shape index (κ1) is 24.1. The van der Waals surface area contributed by atoms with Gasteiger partial charge in [0.1, 0.15) is 12.1 Å². The van der Waals surface area contributed by atoms with E-state index in [1.165, 1.54) is 0 Å². The van der Waals surface area contributed by atoms with E-state index < -0.39 is 11.0 Å². The highest BCUT2D eigenvalue weighted by Gasteiger charge is 2.54. The van der Waals surface area contributed by atoms with Crippen molar-refractivity contribution in [2.45, 2.75) is 39.2 Å². The van der Waals surface area contributed by atoms with Crippen molar-refractivity contribution in [1.82, 2.24) is 9.80 Å². The van der Waals surface area contributed by atoms with Gasteiger partial charge in [0, 0.05) is 34.9 Å². The molecule has 2 aromatic carbocycles. The maximum atomic E-state index is 13.8. The number of hydrogen-bond donors (Lipinski definition) is 1. The molecule has 1 spiro atoms. The van der Waals surface area contributed by atoms with Crippen molar-refractivity contribution in [3.63, 3.8) is 0 Å². The number of carbonyl (C=O) groups is 3. The summed E-state index contributed by atoms with van der Waals surface area (Å²) in [4.78, 5) is 44.9. The van der Waals surface area contributed by atoms with E-state index in [9.17, 15) is 14.4 Å². The van der Waals surface area contributed by atoms with E-state index >= 15 is 0 Å². The molecule has 0 unspecified atom stereocenters. The first-order valence-electron chi connectivity index (χ1n) is 11.6. The molecule has 0 bridgehead atoms. The van der Waals surface area contributed by atoms with Gasteiger partial charge in [-0.1, -0.05) is 56.6 Å². The van der Waals surface area contributed by atoms with Crippen molar-refractivity contribution in [2.24, 2.45) is 5.41 Å². The molecule has 2 aromatic rings. The van der Waals surface area contributed by atoms with E-state index in [0.717, 1.165) is 5.69 Å². The fraction of sp³-hybridized carbons (Fsp3) is 0.423. The van der Waals surface area contributed by atoms with Gasteiger partial charge in [-0.05, 0) is 43.2 Å². The standard InChI is InChI=1S/C26H31ClN4O3/c1-25(2,3)23(33)29-14-12-26(13-15-29)24(34)30(18-31(26)21-10-5-4-6-11-21)17-22(32)28-20-9-7-8-19(27)16-20/h4-11,16H,12-15,17-18H2,1-3H3,(H,28,32). The highest BCUT2D eigenvalue weighted by molar-refractivity contribution is 6.30. The number of piperidine rings is 1. The largest absolute Gasteiger partial charge is 0.342 e. The van der Waals surface area contributed by atoms with Crippen LogP contribution in [-0.4, -0.2) is 59.4 Å². The number of hydrogen-bond acceptors (Lipinski definition) is 4. The number of carbonyl (C=O) groups excluding carboxylic acids is 3. The smallest absolute Gasteiger partial charge is 0.250 e. The number of rotatable bonds is 4. The minimum atomic E-state index is -0.771. The third-order valence-electron chi connectivity index (χ3n) is 6.54. The molecule has 0 atom stereocenters. The molecule has 2 aliphatic rings. The molecule has 2 heterocycles. The summed E-state index contributed by atoms with van der Waals surface area (Å²) in [5.74, 6) is -0.252. The Labute approximate surface area is 205 Å². The minimum absolute atomic E-state index is 0.0545. The topological polar surface area (TPSA) is 73.0 Å². The molecule has 3 amide bonds. The monoisotopic (exact) mass is 482 g/mol. The first-order chi connectivity index (χ1) is 16.1. The lowest BCUT2D eigenvalue weighted by molar-refractivity contribution is -0.144. The Morgan fingerprint density at radius 1 is 1.03 bits per heavy atom. The van der Waals surface area contributed by atoms with Crippen LogP contribution in [0.25, 0.3) is 0 Å². The van der Waals surface area contributed by atoms with Crippen LogP contribution in [-0.2, 0) is 14.4 Å². The highest BCUT2D eigenvalue weighted by atomic mass is 35.5. The van der Waals surface area contributed by atoms with Crippen LogP contribution in [0.2, 0.25) is 5.02 Å². The molecule has 7 nitrogen and oxygen atoms in total. The van der Waals surface area contributed by atoms with Crippen LogP contribution in [0.5, 0.6) is 0 Å². The van der Waals surface area contributed by atoms with Crippen LogP contribution in [0.1, 0.15) is 33.6 Å². The summed E-state index contributed by atoms with van der Waals surface area (Å²) < 4.78 is 0. The predicted molar refractivity (Wildman–Crippen MR) is 134 cm³/mol. The molecule has 2 aliphatic heterocycles. The zero-order valence-corrected chi connectivity index (χ0v) is 20.6. The van der Waals surface area contributed by atoms with Crippen molar-refractivity contribution in [1.29, 1.82) is 0 Å². The van der Waals surface area contributed by atoms with Gasteiger partial charge >= 0.3 is 0 Å². The number of amides is 3. The Morgan fingerprint density at radius 2 is 1.71 bits per heavy atom. The van der Waals surface area contributed by atoms with E-state index in [4.69, 9.17) is 11.6 Å². The van der Waals surface area contributed by atoms with Gasteiger partial charge in [0.2, 0.25) is 11.8 Å². The summed E-state index contributed by atoms with van der Waals surface area (Å²) in [5, 5.41) is 3.35. The number of nitrogens with one attached hydrogen (secondary N) is 1. The van der Waals surface area contributed by atoms with Gasteiger partial charge in [0.25, 0.3) is 5.91 Å². The third kappa shape index (κ3) is 4.75. The van der Waals surface area contributed by atoms with Crippen molar-refractivity contribution < 1.29 is 14.4 Å². The lowest BCUT2D eigenvalue weighted by Crippen LogP contribution is -2.58. The Hall–Kier alpha value is -3.06. The van der Waals surface area contributed by atoms with Crippen molar-refractivity contribution in [2.75, 3.05) is 36.5 Å².